The minimum Gasteiger partial charge on any atom is -0.463 e. The van der Waals surface area contributed by atoms with E-state index >= 15 is 0 Å². The van der Waals surface area contributed by atoms with Crippen molar-refractivity contribution >= 4 is 5.84 Å². The fraction of sp³-hybridized carbons (Fsp3) is 0.231. The number of ether oxygens (including phenoxy) is 1. The van der Waals surface area contributed by atoms with Gasteiger partial charge in [-0.15, -0.1) is 0 Å². The number of pyridine rings is 1. The molecule has 2 aromatic rings. The number of nitrogens with zero attached hydrogens (tertiary/aromatic N) is 4. The highest BCUT2D eigenvalue weighted by atomic mass is 16.5. The molecule has 0 spiro atoms. The van der Waals surface area contributed by atoms with Crippen molar-refractivity contribution in [3.05, 3.63) is 48.0 Å². The third-order valence-electron chi connectivity index (χ3n) is 2.59. The molecule has 20 heavy (non-hydrogen) atoms. The molecule has 0 radical (unpaired) electrons. The van der Waals surface area contributed by atoms with Crippen LogP contribution in [0.15, 0.2) is 41.9 Å². The summed E-state index contributed by atoms with van der Waals surface area (Å²) in [7, 11) is 0. The van der Waals surface area contributed by atoms with E-state index in [4.69, 9.17) is 15.7 Å². The second-order valence-electron chi connectivity index (χ2n) is 4.02. The standard InChI is InChI=1S/C13H15N5O2/c14-12(18-19)11-5-8-16-13(17-11)20-9-1-2-10-3-6-15-7-4-10/h3-8,19H,1-2,9H2,(H2,14,18). The first kappa shape index (κ1) is 13.7. The maximum atomic E-state index is 8.58. The van der Waals surface area contributed by atoms with Gasteiger partial charge in [0.2, 0.25) is 0 Å². The van der Waals surface area contributed by atoms with E-state index in [-0.39, 0.29) is 11.8 Å². The molecule has 0 bridgehead atoms. The number of nitrogens with two attached hydrogens (primary N) is 1. The zero-order valence-electron chi connectivity index (χ0n) is 10.8. The maximum Gasteiger partial charge on any atom is 0.317 e. The second-order valence-corrected chi connectivity index (χ2v) is 4.02. The van der Waals surface area contributed by atoms with Crippen LogP contribution in [0, 0.1) is 0 Å². The predicted octanol–water partition coefficient (Wildman–Crippen LogP) is 0.978. The van der Waals surface area contributed by atoms with Gasteiger partial charge in [-0.05, 0) is 36.6 Å². The Kier molecular flexibility index (Phi) is 4.82. The van der Waals surface area contributed by atoms with Crippen molar-refractivity contribution in [2.24, 2.45) is 10.9 Å². The fourth-order valence-electron chi connectivity index (χ4n) is 1.59. The van der Waals surface area contributed by atoms with Crippen LogP contribution in [0.1, 0.15) is 17.7 Å². The van der Waals surface area contributed by atoms with E-state index in [0.29, 0.717) is 12.3 Å². The Labute approximate surface area is 116 Å². The third kappa shape index (κ3) is 3.91. The lowest BCUT2D eigenvalue weighted by atomic mass is 10.1. The summed E-state index contributed by atoms with van der Waals surface area (Å²) in [6.07, 6.45) is 6.75. The minimum absolute atomic E-state index is 0.0750. The molecule has 7 heteroatoms. The maximum absolute atomic E-state index is 8.58. The largest absolute Gasteiger partial charge is 0.463 e. The van der Waals surface area contributed by atoms with Crippen LogP contribution in [0.2, 0.25) is 0 Å². The topological polar surface area (TPSA) is 107 Å². The molecule has 0 atom stereocenters. The van der Waals surface area contributed by atoms with Gasteiger partial charge in [0.1, 0.15) is 5.69 Å². The van der Waals surface area contributed by atoms with Crippen LogP contribution in [-0.4, -0.2) is 32.6 Å². The molecule has 2 rings (SSSR count). The zero-order chi connectivity index (χ0) is 14.2. The summed E-state index contributed by atoms with van der Waals surface area (Å²) in [5, 5.41) is 11.5. The van der Waals surface area contributed by atoms with Gasteiger partial charge in [-0.2, -0.15) is 4.98 Å². The van der Waals surface area contributed by atoms with E-state index in [1.54, 1.807) is 18.5 Å². The quantitative estimate of drug-likeness (QED) is 0.267. The van der Waals surface area contributed by atoms with Gasteiger partial charge in [0, 0.05) is 18.6 Å². The summed E-state index contributed by atoms with van der Waals surface area (Å²) < 4.78 is 5.43. The van der Waals surface area contributed by atoms with Crippen molar-refractivity contribution in [1.29, 1.82) is 0 Å². The van der Waals surface area contributed by atoms with E-state index < -0.39 is 0 Å². The highest BCUT2D eigenvalue weighted by Crippen LogP contribution is 2.05. The zero-order valence-corrected chi connectivity index (χ0v) is 10.8. The Morgan fingerprint density at radius 3 is 2.80 bits per heavy atom. The van der Waals surface area contributed by atoms with Crippen LogP contribution in [0.5, 0.6) is 6.01 Å². The molecule has 0 saturated heterocycles. The van der Waals surface area contributed by atoms with Gasteiger partial charge in [0.15, 0.2) is 5.84 Å². The lowest BCUT2D eigenvalue weighted by Gasteiger charge is -2.05. The van der Waals surface area contributed by atoms with Gasteiger partial charge in [-0.25, -0.2) is 4.98 Å². The number of aromatic nitrogens is 3. The van der Waals surface area contributed by atoms with Gasteiger partial charge in [0.05, 0.1) is 6.61 Å². The number of hydrogen-bond acceptors (Lipinski definition) is 6. The van der Waals surface area contributed by atoms with Crippen molar-refractivity contribution in [2.45, 2.75) is 12.8 Å². The normalized spacial score (nSPS) is 11.3. The molecule has 7 nitrogen and oxygen atoms in total. The molecule has 0 unspecified atom stereocenters. The van der Waals surface area contributed by atoms with Crippen molar-refractivity contribution in [3.63, 3.8) is 0 Å². The molecule has 0 aromatic carbocycles. The Hall–Kier alpha value is -2.70. The average Bonchev–Trinajstić information content (AvgIpc) is 2.52. The number of amidine groups is 1. The molecule has 0 fully saturated rings. The van der Waals surface area contributed by atoms with Crippen molar-refractivity contribution in [2.75, 3.05) is 6.61 Å². The van der Waals surface area contributed by atoms with Crippen LogP contribution < -0.4 is 10.5 Å². The summed E-state index contributed by atoms with van der Waals surface area (Å²) >= 11 is 0. The average molecular weight is 273 g/mol. The minimum atomic E-state index is -0.0750. The molecule has 0 amide bonds. The molecular formula is C13H15N5O2. The Balaban J connectivity index is 1.82. The summed E-state index contributed by atoms with van der Waals surface area (Å²) in [5.41, 5.74) is 6.97. The van der Waals surface area contributed by atoms with Gasteiger partial charge >= 0.3 is 6.01 Å². The molecule has 0 aliphatic heterocycles. The van der Waals surface area contributed by atoms with Gasteiger partial charge in [-0.1, -0.05) is 5.16 Å². The Bertz CT molecular complexity index is 574. The molecule has 0 saturated carbocycles. The highest BCUT2D eigenvalue weighted by molar-refractivity contribution is 5.95. The molecule has 0 aliphatic rings. The van der Waals surface area contributed by atoms with E-state index in [9.17, 15) is 0 Å². The predicted molar refractivity (Wildman–Crippen MR) is 72.6 cm³/mol. The van der Waals surface area contributed by atoms with Crippen LogP contribution in [-0.2, 0) is 6.42 Å². The van der Waals surface area contributed by atoms with Crippen molar-refractivity contribution in [1.82, 2.24) is 15.0 Å². The van der Waals surface area contributed by atoms with Crippen LogP contribution in [0.4, 0.5) is 0 Å². The summed E-state index contributed by atoms with van der Waals surface area (Å²) in [4.78, 5) is 12.0. The van der Waals surface area contributed by atoms with Crippen molar-refractivity contribution < 1.29 is 9.94 Å². The lowest BCUT2D eigenvalue weighted by Crippen LogP contribution is -2.16. The summed E-state index contributed by atoms with van der Waals surface area (Å²) in [6.45, 7) is 0.488. The van der Waals surface area contributed by atoms with Crippen molar-refractivity contribution in [3.8, 4) is 6.01 Å². The first-order valence-electron chi connectivity index (χ1n) is 6.12. The second kappa shape index (κ2) is 7.03. The first-order chi connectivity index (χ1) is 9.79. The highest BCUT2D eigenvalue weighted by Gasteiger charge is 2.04. The Morgan fingerprint density at radius 2 is 2.05 bits per heavy atom. The lowest BCUT2D eigenvalue weighted by molar-refractivity contribution is 0.286. The number of rotatable bonds is 6. The smallest absolute Gasteiger partial charge is 0.317 e. The summed E-state index contributed by atoms with van der Waals surface area (Å²) in [6, 6.07) is 5.69. The van der Waals surface area contributed by atoms with Crippen LogP contribution >= 0.6 is 0 Å². The van der Waals surface area contributed by atoms with Gasteiger partial charge < -0.3 is 15.7 Å². The van der Waals surface area contributed by atoms with E-state index in [1.807, 2.05) is 12.1 Å². The van der Waals surface area contributed by atoms with E-state index in [2.05, 4.69) is 20.1 Å². The fourth-order valence-corrected chi connectivity index (χ4v) is 1.59. The SMILES string of the molecule is N/C(=N/O)c1ccnc(OCCCc2ccncc2)n1. The third-order valence-corrected chi connectivity index (χ3v) is 2.59. The first-order valence-corrected chi connectivity index (χ1v) is 6.12. The van der Waals surface area contributed by atoms with E-state index in [0.717, 1.165) is 12.8 Å². The Morgan fingerprint density at radius 1 is 1.25 bits per heavy atom. The number of aryl methyl sites for hydroxylation is 1. The van der Waals surface area contributed by atoms with Gasteiger partial charge in [0.25, 0.3) is 0 Å². The van der Waals surface area contributed by atoms with Gasteiger partial charge in [-0.3, -0.25) is 4.98 Å². The molecule has 2 aromatic heterocycles. The monoisotopic (exact) mass is 273 g/mol. The number of oxime groups is 1. The molecule has 0 aliphatic carbocycles. The summed E-state index contributed by atoms with van der Waals surface area (Å²) in [5.74, 6) is -0.0750. The molecule has 3 N–H and O–H groups in total. The molecular weight excluding hydrogens is 258 g/mol. The number of hydrogen-bond donors (Lipinski definition) is 2. The van der Waals surface area contributed by atoms with Crippen LogP contribution in [0.25, 0.3) is 0 Å². The van der Waals surface area contributed by atoms with Crippen LogP contribution in [0.3, 0.4) is 0 Å². The molecule has 104 valence electrons. The molecule has 2 heterocycles. The van der Waals surface area contributed by atoms with E-state index in [1.165, 1.54) is 11.8 Å².